The molecule has 3 aromatic heterocycles. The van der Waals surface area contributed by atoms with Crippen LogP contribution < -0.4 is 5.32 Å². The van der Waals surface area contributed by atoms with Gasteiger partial charge >= 0.3 is 0 Å². The van der Waals surface area contributed by atoms with Crippen molar-refractivity contribution in [3.05, 3.63) is 69.7 Å². The first-order valence-electron chi connectivity index (χ1n) is 8.50. The van der Waals surface area contributed by atoms with Crippen molar-refractivity contribution in [3.8, 4) is 0 Å². The summed E-state index contributed by atoms with van der Waals surface area (Å²) in [5.74, 6) is 0.0946. The van der Waals surface area contributed by atoms with Crippen molar-refractivity contribution in [2.24, 2.45) is 0 Å². The van der Waals surface area contributed by atoms with Crippen molar-refractivity contribution in [1.82, 2.24) is 24.6 Å². The van der Waals surface area contributed by atoms with Crippen molar-refractivity contribution in [2.45, 2.75) is 27.2 Å². The van der Waals surface area contributed by atoms with Crippen molar-refractivity contribution < 1.29 is 4.79 Å². The van der Waals surface area contributed by atoms with Crippen LogP contribution in [0.2, 0.25) is 0 Å². The molecule has 0 saturated heterocycles. The van der Waals surface area contributed by atoms with Gasteiger partial charge in [-0.05, 0) is 32.4 Å². The van der Waals surface area contributed by atoms with E-state index in [4.69, 9.17) is 0 Å². The second-order valence-corrected chi connectivity index (χ2v) is 7.55. The summed E-state index contributed by atoms with van der Waals surface area (Å²) in [6, 6.07) is 10.3. The van der Waals surface area contributed by atoms with E-state index in [0.29, 0.717) is 10.9 Å². The zero-order valence-electron chi connectivity index (χ0n) is 15.2. The van der Waals surface area contributed by atoms with E-state index in [0.717, 1.165) is 22.7 Å². The molecule has 0 spiro atoms. The maximum Gasteiger partial charge on any atom is 0.297 e. The van der Waals surface area contributed by atoms with Crippen LogP contribution in [0.25, 0.3) is 5.78 Å². The molecule has 0 aliphatic heterocycles. The molecule has 1 amide bonds. The van der Waals surface area contributed by atoms with Gasteiger partial charge in [0, 0.05) is 28.9 Å². The van der Waals surface area contributed by atoms with E-state index >= 15 is 0 Å². The monoisotopic (exact) mass is 378 g/mol. The number of aromatic nitrogens is 5. The molecule has 4 rings (SSSR count). The number of carbonyl (C=O) groups is 1. The summed E-state index contributed by atoms with van der Waals surface area (Å²) in [4.78, 5) is 26.4. The van der Waals surface area contributed by atoms with Crippen LogP contribution in [-0.2, 0) is 6.42 Å². The zero-order valence-corrected chi connectivity index (χ0v) is 16.0. The lowest BCUT2D eigenvalue weighted by Crippen LogP contribution is -2.13. The van der Waals surface area contributed by atoms with Gasteiger partial charge in [0.1, 0.15) is 0 Å². The molecular formula is C19H18N6OS. The summed E-state index contributed by atoms with van der Waals surface area (Å²) in [5, 5.41) is 7.54. The average molecular weight is 378 g/mol. The van der Waals surface area contributed by atoms with Gasteiger partial charge in [0.15, 0.2) is 5.13 Å². The van der Waals surface area contributed by atoms with Gasteiger partial charge in [-0.15, -0.1) is 16.4 Å². The van der Waals surface area contributed by atoms with E-state index in [1.807, 2.05) is 19.9 Å². The van der Waals surface area contributed by atoms with Gasteiger partial charge in [-0.3, -0.25) is 10.1 Å². The number of nitrogens with zero attached hydrogens (tertiary/aromatic N) is 5. The first-order chi connectivity index (χ1) is 13.0. The maximum atomic E-state index is 12.5. The Hall–Kier alpha value is -3.13. The van der Waals surface area contributed by atoms with E-state index in [9.17, 15) is 4.79 Å². The largest absolute Gasteiger partial charge is 0.297 e. The molecule has 4 aromatic rings. The number of hydrogen-bond donors (Lipinski definition) is 1. The fourth-order valence-electron chi connectivity index (χ4n) is 2.77. The molecule has 1 aromatic carbocycles. The number of aryl methyl sites for hydroxylation is 3. The number of anilines is 1. The summed E-state index contributed by atoms with van der Waals surface area (Å²) in [5.41, 5.74) is 4.15. The van der Waals surface area contributed by atoms with Gasteiger partial charge in [-0.2, -0.15) is 4.98 Å². The third-order valence-corrected chi connectivity index (χ3v) is 5.01. The Bertz CT molecular complexity index is 1130. The third-order valence-electron chi connectivity index (χ3n) is 4.09. The van der Waals surface area contributed by atoms with Crippen molar-refractivity contribution >= 4 is 28.2 Å². The molecule has 0 atom stereocenters. The molecule has 3 heterocycles. The van der Waals surface area contributed by atoms with Crippen LogP contribution in [0.3, 0.4) is 0 Å². The summed E-state index contributed by atoms with van der Waals surface area (Å²) in [6.07, 6.45) is 2.56. The van der Waals surface area contributed by atoms with Gasteiger partial charge in [-0.25, -0.2) is 14.5 Å². The minimum Gasteiger partial charge on any atom is -0.295 e. The first-order valence-corrected chi connectivity index (χ1v) is 9.32. The summed E-state index contributed by atoms with van der Waals surface area (Å²) in [6.45, 7) is 5.85. The highest BCUT2D eigenvalue weighted by atomic mass is 32.1. The molecule has 0 aliphatic carbocycles. The predicted octanol–water partition coefficient (Wildman–Crippen LogP) is 3.35. The number of amides is 1. The molecule has 8 heteroatoms. The molecule has 7 nitrogen and oxygen atoms in total. The lowest BCUT2D eigenvalue weighted by Gasteiger charge is -1.99. The SMILES string of the molecule is Cc1ccc(Cc2cnc(NC(=O)c3nc4nc(C)cc(C)n4n3)s2)cc1. The molecule has 0 aliphatic rings. The van der Waals surface area contributed by atoms with Crippen LogP contribution in [-0.4, -0.2) is 30.5 Å². The molecule has 0 saturated carbocycles. The summed E-state index contributed by atoms with van der Waals surface area (Å²) in [7, 11) is 0. The highest BCUT2D eigenvalue weighted by Crippen LogP contribution is 2.22. The number of fused-ring (bicyclic) bond motifs is 1. The lowest BCUT2D eigenvalue weighted by atomic mass is 10.1. The lowest BCUT2D eigenvalue weighted by molar-refractivity contribution is 0.101. The Morgan fingerprint density at radius 3 is 2.70 bits per heavy atom. The third kappa shape index (κ3) is 3.70. The second-order valence-electron chi connectivity index (χ2n) is 6.43. The van der Waals surface area contributed by atoms with Gasteiger partial charge in [-0.1, -0.05) is 29.8 Å². The fraction of sp³-hybridized carbons (Fsp3) is 0.211. The predicted molar refractivity (Wildman–Crippen MR) is 104 cm³/mol. The molecule has 0 radical (unpaired) electrons. The van der Waals surface area contributed by atoms with E-state index in [1.54, 1.807) is 10.7 Å². The number of hydrogen-bond acceptors (Lipinski definition) is 6. The Labute approximate surface area is 160 Å². The van der Waals surface area contributed by atoms with Crippen LogP contribution in [0.1, 0.15) is 38.0 Å². The number of thiazole rings is 1. The number of carbonyl (C=O) groups excluding carboxylic acids is 1. The molecule has 0 fully saturated rings. The highest BCUT2D eigenvalue weighted by molar-refractivity contribution is 7.15. The van der Waals surface area contributed by atoms with Crippen LogP contribution in [0, 0.1) is 20.8 Å². The summed E-state index contributed by atoms with van der Waals surface area (Å²) < 4.78 is 1.56. The number of rotatable bonds is 4. The highest BCUT2D eigenvalue weighted by Gasteiger charge is 2.16. The molecule has 1 N–H and O–H groups in total. The van der Waals surface area contributed by atoms with Crippen LogP contribution in [0.4, 0.5) is 5.13 Å². The first kappa shape index (κ1) is 17.3. The second kappa shape index (κ2) is 6.88. The van der Waals surface area contributed by atoms with Crippen LogP contribution >= 0.6 is 11.3 Å². The minimum atomic E-state index is -0.395. The minimum absolute atomic E-state index is 0.0754. The van der Waals surface area contributed by atoms with Crippen LogP contribution in [0.15, 0.2) is 36.5 Å². The van der Waals surface area contributed by atoms with Gasteiger partial charge in [0.05, 0.1) is 0 Å². The van der Waals surface area contributed by atoms with Gasteiger partial charge in [0.2, 0.25) is 5.82 Å². The molecule has 136 valence electrons. The summed E-state index contributed by atoms with van der Waals surface area (Å²) >= 11 is 1.45. The normalized spacial score (nSPS) is 11.1. The Balaban J connectivity index is 1.49. The Morgan fingerprint density at radius 2 is 1.93 bits per heavy atom. The van der Waals surface area contributed by atoms with Crippen molar-refractivity contribution in [3.63, 3.8) is 0 Å². The van der Waals surface area contributed by atoms with Crippen molar-refractivity contribution in [2.75, 3.05) is 5.32 Å². The smallest absolute Gasteiger partial charge is 0.295 e. The molecular weight excluding hydrogens is 360 g/mol. The molecule has 0 unspecified atom stereocenters. The van der Waals surface area contributed by atoms with Gasteiger partial charge < -0.3 is 0 Å². The fourth-order valence-corrected chi connectivity index (χ4v) is 3.61. The molecule has 27 heavy (non-hydrogen) atoms. The number of benzene rings is 1. The van der Waals surface area contributed by atoms with Gasteiger partial charge in [0.25, 0.3) is 11.7 Å². The Kier molecular flexibility index (Phi) is 4.41. The number of nitrogens with one attached hydrogen (secondary N) is 1. The van der Waals surface area contributed by atoms with E-state index in [2.05, 4.69) is 56.6 Å². The zero-order chi connectivity index (χ0) is 19.0. The maximum absolute atomic E-state index is 12.5. The van der Waals surface area contributed by atoms with Crippen molar-refractivity contribution in [1.29, 1.82) is 0 Å². The average Bonchev–Trinajstić information content (AvgIpc) is 3.24. The quantitative estimate of drug-likeness (QED) is 0.589. The topological polar surface area (TPSA) is 85.1 Å². The molecule has 0 bridgehead atoms. The van der Waals surface area contributed by atoms with Crippen LogP contribution in [0.5, 0.6) is 0 Å². The Morgan fingerprint density at radius 1 is 1.15 bits per heavy atom. The standard InChI is InChI=1S/C19H18N6OS/c1-11-4-6-14(7-5-11)9-15-10-20-19(27-15)23-17(26)16-22-18-21-12(2)8-13(3)25(18)24-16/h4-8,10H,9H2,1-3H3,(H,20,23,26). The van der Waals surface area contributed by atoms with E-state index < -0.39 is 5.91 Å². The van der Waals surface area contributed by atoms with E-state index in [1.165, 1.54) is 22.5 Å². The van der Waals surface area contributed by atoms with E-state index in [-0.39, 0.29) is 5.82 Å².